The van der Waals surface area contributed by atoms with Crippen LogP contribution >= 0.6 is 0 Å². The first-order valence-electron chi connectivity index (χ1n) is 7.03. The molecule has 1 saturated heterocycles. The highest BCUT2D eigenvalue weighted by Crippen LogP contribution is 2.33. The predicted molar refractivity (Wildman–Crippen MR) is 79.5 cm³/mol. The van der Waals surface area contributed by atoms with Crippen LogP contribution in [0.1, 0.15) is 39.4 Å². The van der Waals surface area contributed by atoms with Crippen LogP contribution in [-0.2, 0) is 4.79 Å². The van der Waals surface area contributed by atoms with Crippen LogP contribution in [0.2, 0.25) is 0 Å². The van der Waals surface area contributed by atoms with Gasteiger partial charge in [-0.05, 0) is 30.0 Å². The zero-order valence-corrected chi connectivity index (χ0v) is 12.9. The van der Waals surface area contributed by atoms with Gasteiger partial charge in [0.15, 0.2) is 0 Å². The second-order valence-electron chi connectivity index (χ2n) is 6.40. The second-order valence-corrected chi connectivity index (χ2v) is 6.40. The fraction of sp³-hybridized carbons (Fsp3) is 0.562. The number of carbonyl (C=O) groups is 1. The number of hydrogen-bond donors (Lipinski definition) is 1. The highest BCUT2D eigenvalue weighted by atomic mass is 16.5. The van der Waals surface area contributed by atoms with Crippen LogP contribution in [0, 0.1) is 5.41 Å². The van der Waals surface area contributed by atoms with Crippen molar-refractivity contribution < 1.29 is 9.53 Å². The minimum absolute atomic E-state index is 0.0480. The van der Waals surface area contributed by atoms with Crippen LogP contribution in [0.3, 0.4) is 0 Å². The van der Waals surface area contributed by atoms with Gasteiger partial charge in [0.1, 0.15) is 11.9 Å². The Balaban J connectivity index is 2.27. The van der Waals surface area contributed by atoms with Gasteiger partial charge in [0.2, 0.25) is 5.91 Å². The molecule has 1 N–H and O–H groups in total. The summed E-state index contributed by atoms with van der Waals surface area (Å²) in [5.74, 6) is 0.988. The molecule has 2 rings (SSSR count). The second kappa shape index (κ2) is 5.44. The summed E-state index contributed by atoms with van der Waals surface area (Å²) in [5, 5.41) is 3.30. The molecule has 1 amide bonds. The van der Waals surface area contributed by atoms with Crippen molar-refractivity contribution in [3.8, 4) is 5.75 Å². The van der Waals surface area contributed by atoms with Gasteiger partial charge in [-0.3, -0.25) is 10.1 Å². The van der Waals surface area contributed by atoms with E-state index in [1.165, 1.54) is 0 Å². The molecule has 1 aromatic rings. The SMILES string of the molecule is COc1ccc(C2NCC(=O)N2C(C)C(C)(C)C)cc1. The first kappa shape index (κ1) is 14.9. The molecule has 1 aromatic carbocycles. The van der Waals surface area contributed by atoms with Crippen molar-refractivity contribution >= 4 is 5.91 Å². The first-order valence-corrected chi connectivity index (χ1v) is 7.03. The molecule has 1 heterocycles. The summed E-state index contributed by atoms with van der Waals surface area (Å²) in [6.07, 6.45) is -0.0531. The van der Waals surface area contributed by atoms with Crippen LogP contribution in [0.25, 0.3) is 0 Å². The molecule has 0 saturated carbocycles. The Hall–Kier alpha value is -1.55. The lowest BCUT2D eigenvalue weighted by atomic mass is 9.86. The van der Waals surface area contributed by atoms with Gasteiger partial charge < -0.3 is 9.64 Å². The number of hydrogen-bond acceptors (Lipinski definition) is 3. The molecule has 4 heteroatoms. The number of carbonyl (C=O) groups excluding carboxylic acids is 1. The topological polar surface area (TPSA) is 41.6 Å². The van der Waals surface area contributed by atoms with E-state index in [1.807, 2.05) is 29.2 Å². The van der Waals surface area contributed by atoms with Crippen molar-refractivity contribution in [2.24, 2.45) is 5.41 Å². The fourth-order valence-electron chi connectivity index (χ4n) is 2.44. The van der Waals surface area contributed by atoms with Crippen molar-refractivity contribution in [2.75, 3.05) is 13.7 Å². The Morgan fingerprint density at radius 1 is 1.30 bits per heavy atom. The Morgan fingerprint density at radius 3 is 2.40 bits per heavy atom. The van der Waals surface area contributed by atoms with Gasteiger partial charge in [0.05, 0.1) is 13.7 Å². The van der Waals surface area contributed by atoms with Gasteiger partial charge in [-0.2, -0.15) is 0 Å². The van der Waals surface area contributed by atoms with E-state index in [4.69, 9.17) is 4.74 Å². The van der Waals surface area contributed by atoms with Crippen molar-refractivity contribution in [2.45, 2.75) is 39.9 Å². The third-order valence-electron chi connectivity index (χ3n) is 4.11. The molecule has 1 aliphatic heterocycles. The quantitative estimate of drug-likeness (QED) is 0.922. The highest BCUT2D eigenvalue weighted by molar-refractivity contribution is 5.81. The average molecular weight is 276 g/mol. The monoisotopic (exact) mass is 276 g/mol. The molecule has 1 fully saturated rings. The maximum Gasteiger partial charge on any atom is 0.238 e. The van der Waals surface area contributed by atoms with Crippen molar-refractivity contribution in [3.63, 3.8) is 0 Å². The minimum Gasteiger partial charge on any atom is -0.497 e. The third kappa shape index (κ3) is 2.80. The predicted octanol–water partition coefficient (Wildman–Crippen LogP) is 2.56. The van der Waals surface area contributed by atoms with Crippen molar-refractivity contribution in [1.29, 1.82) is 0 Å². The molecular weight excluding hydrogens is 252 g/mol. The molecule has 2 atom stereocenters. The lowest BCUT2D eigenvalue weighted by Gasteiger charge is -2.38. The molecule has 0 spiro atoms. The normalized spacial score (nSPS) is 21.1. The summed E-state index contributed by atoms with van der Waals surface area (Å²) in [7, 11) is 1.65. The number of nitrogens with zero attached hydrogens (tertiary/aromatic N) is 1. The molecule has 0 radical (unpaired) electrons. The van der Waals surface area contributed by atoms with E-state index in [1.54, 1.807) is 7.11 Å². The first-order chi connectivity index (χ1) is 9.34. The highest BCUT2D eigenvalue weighted by Gasteiger charge is 2.39. The van der Waals surface area contributed by atoms with Crippen LogP contribution in [0.15, 0.2) is 24.3 Å². The van der Waals surface area contributed by atoms with Crippen molar-refractivity contribution in [1.82, 2.24) is 10.2 Å². The number of methoxy groups -OCH3 is 1. The third-order valence-corrected chi connectivity index (χ3v) is 4.11. The molecule has 20 heavy (non-hydrogen) atoms. The maximum atomic E-state index is 12.2. The van der Waals surface area contributed by atoms with Gasteiger partial charge in [-0.25, -0.2) is 0 Å². The van der Waals surface area contributed by atoms with Gasteiger partial charge in [-0.15, -0.1) is 0 Å². The smallest absolute Gasteiger partial charge is 0.238 e. The largest absolute Gasteiger partial charge is 0.497 e. The number of ether oxygens (including phenoxy) is 1. The van der Waals surface area contributed by atoms with Gasteiger partial charge in [0.25, 0.3) is 0 Å². The van der Waals surface area contributed by atoms with E-state index in [9.17, 15) is 4.79 Å². The van der Waals surface area contributed by atoms with E-state index >= 15 is 0 Å². The van der Waals surface area contributed by atoms with Crippen LogP contribution in [0.4, 0.5) is 0 Å². The molecule has 1 aliphatic rings. The van der Waals surface area contributed by atoms with E-state index in [-0.39, 0.29) is 23.5 Å². The van der Waals surface area contributed by atoms with E-state index < -0.39 is 0 Å². The molecule has 0 bridgehead atoms. The average Bonchev–Trinajstić information content (AvgIpc) is 2.78. The molecule has 110 valence electrons. The van der Waals surface area contributed by atoms with Crippen molar-refractivity contribution in [3.05, 3.63) is 29.8 Å². The Morgan fingerprint density at radius 2 is 1.90 bits per heavy atom. The van der Waals surface area contributed by atoms with Gasteiger partial charge >= 0.3 is 0 Å². The van der Waals surface area contributed by atoms with Gasteiger partial charge in [0, 0.05) is 6.04 Å². The minimum atomic E-state index is -0.0531. The molecule has 0 aromatic heterocycles. The molecule has 0 aliphatic carbocycles. The summed E-state index contributed by atoms with van der Waals surface area (Å²) < 4.78 is 5.18. The molecule has 2 unspecified atom stereocenters. The van der Waals surface area contributed by atoms with E-state index in [2.05, 4.69) is 33.0 Å². The lowest BCUT2D eigenvalue weighted by Crippen LogP contribution is -2.45. The molecular formula is C16H24N2O2. The fourth-order valence-corrected chi connectivity index (χ4v) is 2.44. The Labute approximate surface area is 121 Å². The lowest BCUT2D eigenvalue weighted by molar-refractivity contribution is -0.132. The van der Waals surface area contributed by atoms with Gasteiger partial charge in [-0.1, -0.05) is 32.9 Å². The van der Waals surface area contributed by atoms with E-state index in [0.29, 0.717) is 6.54 Å². The maximum absolute atomic E-state index is 12.2. The van der Waals surface area contributed by atoms with Crippen LogP contribution in [-0.4, -0.2) is 30.5 Å². The summed E-state index contributed by atoms with van der Waals surface area (Å²) in [6, 6.07) is 8.05. The number of amides is 1. The number of rotatable bonds is 3. The Bertz CT molecular complexity index is 476. The summed E-state index contributed by atoms with van der Waals surface area (Å²) >= 11 is 0. The van der Waals surface area contributed by atoms with Crippen LogP contribution < -0.4 is 10.1 Å². The number of benzene rings is 1. The van der Waals surface area contributed by atoms with Crippen LogP contribution in [0.5, 0.6) is 5.75 Å². The zero-order valence-electron chi connectivity index (χ0n) is 12.9. The van der Waals surface area contributed by atoms with E-state index in [0.717, 1.165) is 11.3 Å². The number of nitrogens with one attached hydrogen (secondary N) is 1. The Kier molecular flexibility index (Phi) is 4.04. The summed E-state index contributed by atoms with van der Waals surface area (Å²) in [4.78, 5) is 14.2. The summed E-state index contributed by atoms with van der Waals surface area (Å²) in [6.45, 7) is 9.00. The molecule has 4 nitrogen and oxygen atoms in total. The summed E-state index contributed by atoms with van der Waals surface area (Å²) in [5.41, 5.74) is 1.14. The zero-order chi connectivity index (χ0) is 14.9. The standard InChI is InChI=1S/C16H24N2O2/c1-11(16(2,3)4)18-14(19)10-17-15(18)12-6-8-13(20-5)9-7-12/h6-9,11,15,17H,10H2,1-5H3.